The van der Waals surface area contributed by atoms with E-state index in [1.54, 1.807) is 30.2 Å². The number of amides is 1. The Labute approximate surface area is 166 Å². The number of H-pyrrole nitrogens is 1. The van der Waals surface area contributed by atoms with Gasteiger partial charge >= 0.3 is 13.1 Å². The highest BCUT2D eigenvalue weighted by molar-refractivity contribution is 6.44. The van der Waals surface area contributed by atoms with Crippen LogP contribution < -0.4 is 15.1 Å². The third-order valence-electron chi connectivity index (χ3n) is 5.09. The summed E-state index contributed by atoms with van der Waals surface area (Å²) in [4.78, 5) is 32.9. The highest BCUT2D eigenvalue weighted by Gasteiger charge is 2.37. The Morgan fingerprint density at radius 2 is 2.21 bits per heavy atom. The molecule has 10 nitrogen and oxygen atoms in total. The zero-order valence-corrected chi connectivity index (χ0v) is 15.8. The molecule has 4 rings (SSSR count). The monoisotopic (exact) mass is 400 g/mol. The fourth-order valence-corrected chi connectivity index (χ4v) is 3.51. The Bertz CT molecular complexity index is 958. The number of hydrogen-bond donors (Lipinski definition) is 4. The lowest BCUT2D eigenvalue weighted by Gasteiger charge is -2.40. The number of nitrogens with one attached hydrogen (secondary N) is 1. The topological polar surface area (TPSA) is 151 Å². The van der Waals surface area contributed by atoms with E-state index in [1.807, 2.05) is 0 Å². The molecule has 11 heteroatoms. The largest absolute Gasteiger partial charge is 0.535 e. The number of aromatic carboxylic acids is 1. The van der Waals surface area contributed by atoms with Crippen LogP contribution >= 0.6 is 0 Å². The lowest BCUT2D eigenvalue weighted by atomic mass is 9.78. The standard InChI is InChI=1S/C18H21BN4O6/c1-9-21-6-12(22-9)15(20)17(24)23-7-11(8-23)28-13-3-2-10-4-5-19(27)29-16(10)14(13)18(25)26/h2-3,6,11,15,27H,4-5,7-8,20H2,1H3,(H,21,22)(H,25,26). The van der Waals surface area contributed by atoms with Crippen LogP contribution in [0.4, 0.5) is 0 Å². The van der Waals surface area contributed by atoms with Gasteiger partial charge in [0, 0.05) is 6.20 Å². The van der Waals surface area contributed by atoms with Crippen molar-refractivity contribution < 1.29 is 29.1 Å². The number of hydrogen-bond acceptors (Lipinski definition) is 7. The van der Waals surface area contributed by atoms with Crippen LogP contribution in [0.15, 0.2) is 18.3 Å². The second-order valence-electron chi connectivity index (χ2n) is 7.21. The average Bonchev–Trinajstić information content (AvgIpc) is 3.08. The van der Waals surface area contributed by atoms with E-state index in [-0.39, 0.29) is 42.2 Å². The minimum absolute atomic E-state index is 0.116. The smallest absolute Gasteiger partial charge is 0.522 e. The quantitative estimate of drug-likeness (QED) is 0.517. The molecule has 2 aliphatic heterocycles. The summed E-state index contributed by atoms with van der Waals surface area (Å²) in [7, 11) is -1.04. The first-order chi connectivity index (χ1) is 13.8. The normalized spacial score (nSPS) is 17.2. The van der Waals surface area contributed by atoms with Gasteiger partial charge in [-0.05, 0) is 31.3 Å². The molecule has 1 aromatic carbocycles. The molecular weight excluding hydrogens is 379 g/mol. The molecule has 152 valence electrons. The van der Waals surface area contributed by atoms with Gasteiger partial charge in [0.2, 0.25) is 5.91 Å². The van der Waals surface area contributed by atoms with Crippen molar-refractivity contribution in [3.63, 3.8) is 0 Å². The maximum atomic E-state index is 12.5. The number of carboxylic acid groups (broad SMARTS) is 1. The van der Waals surface area contributed by atoms with Crippen molar-refractivity contribution >= 4 is 19.0 Å². The van der Waals surface area contributed by atoms with Crippen molar-refractivity contribution in [3.05, 3.63) is 41.0 Å². The summed E-state index contributed by atoms with van der Waals surface area (Å²) in [5.74, 6) is -0.513. The Morgan fingerprint density at radius 3 is 2.86 bits per heavy atom. The van der Waals surface area contributed by atoms with Crippen LogP contribution in [0.25, 0.3) is 0 Å². The maximum absolute atomic E-state index is 12.5. The Kier molecular flexibility index (Phi) is 4.93. The number of carboxylic acids is 1. The van der Waals surface area contributed by atoms with E-state index >= 15 is 0 Å². The second-order valence-corrected chi connectivity index (χ2v) is 7.21. The van der Waals surface area contributed by atoms with Gasteiger partial charge in [0.15, 0.2) is 0 Å². The number of fused-ring (bicyclic) bond motifs is 1. The van der Waals surface area contributed by atoms with Gasteiger partial charge in [-0.3, -0.25) is 4.79 Å². The summed E-state index contributed by atoms with van der Waals surface area (Å²) in [5, 5.41) is 19.3. The third-order valence-corrected chi connectivity index (χ3v) is 5.09. The number of nitrogens with zero attached hydrogens (tertiary/aromatic N) is 2. The molecule has 29 heavy (non-hydrogen) atoms. The van der Waals surface area contributed by atoms with Crippen LogP contribution in [-0.4, -0.2) is 63.2 Å². The maximum Gasteiger partial charge on any atom is 0.522 e. The van der Waals surface area contributed by atoms with Crippen molar-refractivity contribution in [1.29, 1.82) is 0 Å². The lowest BCUT2D eigenvalue weighted by molar-refractivity contribution is -0.141. The molecule has 1 aromatic heterocycles. The summed E-state index contributed by atoms with van der Waals surface area (Å²) < 4.78 is 11.2. The molecule has 1 unspecified atom stereocenters. The van der Waals surface area contributed by atoms with Crippen LogP contribution in [0.1, 0.15) is 33.5 Å². The van der Waals surface area contributed by atoms with Gasteiger partial charge in [-0.2, -0.15) is 0 Å². The Morgan fingerprint density at radius 1 is 1.45 bits per heavy atom. The van der Waals surface area contributed by atoms with E-state index < -0.39 is 19.1 Å². The van der Waals surface area contributed by atoms with Crippen molar-refractivity contribution in [2.75, 3.05) is 13.1 Å². The molecule has 2 aromatic rings. The molecule has 1 amide bonds. The summed E-state index contributed by atoms with van der Waals surface area (Å²) in [5.41, 5.74) is 7.05. The number of carbonyl (C=O) groups excluding carboxylic acids is 1. The number of imidazole rings is 1. The SMILES string of the molecule is Cc1nc(C(N)C(=O)N2CC(Oc3ccc4c(c3C(=O)O)OB(O)CC4)C2)c[nH]1. The number of aromatic amines is 1. The molecule has 0 bridgehead atoms. The molecule has 1 fully saturated rings. The highest BCUT2D eigenvalue weighted by atomic mass is 16.5. The molecule has 0 aliphatic carbocycles. The van der Waals surface area contributed by atoms with Gasteiger partial charge in [-0.15, -0.1) is 0 Å². The van der Waals surface area contributed by atoms with Crippen molar-refractivity contribution in [2.45, 2.75) is 31.8 Å². The molecular formula is C18H21BN4O6. The van der Waals surface area contributed by atoms with E-state index in [4.69, 9.17) is 15.1 Å². The zero-order valence-electron chi connectivity index (χ0n) is 15.8. The minimum Gasteiger partial charge on any atom is -0.535 e. The van der Waals surface area contributed by atoms with Gasteiger partial charge in [0.05, 0.1) is 18.8 Å². The van der Waals surface area contributed by atoms with E-state index in [1.165, 1.54) is 0 Å². The second kappa shape index (κ2) is 7.41. The number of rotatable bonds is 5. The molecule has 2 aliphatic rings. The number of likely N-dealkylation sites (tertiary alicyclic amines) is 1. The van der Waals surface area contributed by atoms with Crippen LogP contribution in [0, 0.1) is 6.92 Å². The molecule has 0 spiro atoms. The summed E-state index contributed by atoms with van der Waals surface area (Å²) >= 11 is 0. The number of carbonyl (C=O) groups is 2. The number of ether oxygens (including phenoxy) is 1. The average molecular weight is 400 g/mol. The van der Waals surface area contributed by atoms with Gasteiger partial charge in [0.25, 0.3) is 0 Å². The molecule has 3 heterocycles. The van der Waals surface area contributed by atoms with Crippen molar-refractivity contribution in [1.82, 2.24) is 14.9 Å². The first-order valence-electron chi connectivity index (χ1n) is 9.30. The van der Waals surface area contributed by atoms with Crippen LogP contribution in [0.2, 0.25) is 6.32 Å². The summed E-state index contributed by atoms with van der Waals surface area (Å²) in [6, 6.07) is 2.46. The first kappa shape index (κ1) is 19.3. The fourth-order valence-electron chi connectivity index (χ4n) is 3.51. The zero-order chi connectivity index (χ0) is 20.7. The number of benzene rings is 1. The number of nitrogens with two attached hydrogens (primary N) is 1. The van der Waals surface area contributed by atoms with Crippen molar-refractivity contribution in [3.8, 4) is 11.5 Å². The third kappa shape index (κ3) is 3.66. The molecule has 1 atom stereocenters. The van der Waals surface area contributed by atoms with E-state index in [2.05, 4.69) is 9.97 Å². The van der Waals surface area contributed by atoms with Gasteiger partial charge < -0.3 is 35.1 Å². The molecule has 0 saturated carbocycles. The van der Waals surface area contributed by atoms with Gasteiger partial charge in [-0.25, -0.2) is 9.78 Å². The van der Waals surface area contributed by atoms with E-state index in [9.17, 15) is 19.7 Å². The summed E-state index contributed by atoms with van der Waals surface area (Å²) in [6.45, 7) is 2.35. The van der Waals surface area contributed by atoms with Crippen LogP contribution in [0.3, 0.4) is 0 Å². The Hall–Kier alpha value is -3.05. The van der Waals surface area contributed by atoms with Crippen molar-refractivity contribution in [2.24, 2.45) is 5.73 Å². The van der Waals surface area contributed by atoms with Gasteiger partial charge in [0.1, 0.15) is 35.0 Å². The number of aromatic nitrogens is 2. The molecule has 5 N–H and O–H groups in total. The van der Waals surface area contributed by atoms with E-state index in [0.717, 1.165) is 0 Å². The van der Waals surface area contributed by atoms with Gasteiger partial charge in [-0.1, -0.05) is 6.07 Å². The lowest BCUT2D eigenvalue weighted by Crippen LogP contribution is -2.58. The van der Waals surface area contributed by atoms with Crippen LogP contribution in [0.5, 0.6) is 11.5 Å². The predicted molar refractivity (Wildman–Crippen MR) is 102 cm³/mol. The fraction of sp³-hybridized carbons (Fsp3) is 0.389. The number of aryl methyl sites for hydroxylation is 2. The minimum atomic E-state index is -1.20. The Balaban J connectivity index is 1.43. The van der Waals surface area contributed by atoms with E-state index in [0.29, 0.717) is 29.8 Å². The summed E-state index contributed by atoms with van der Waals surface area (Å²) in [6.07, 6.45) is 2.17. The predicted octanol–water partition coefficient (Wildman–Crippen LogP) is 0.121. The highest BCUT2D eigenvalue weighted by Crippen LogP contribution is 2.37. The van der Waals surface area contributed by atoms with Crippen LogP contribution in [-0.2, 0) is 11.2 Å². The first-order valence-corrected chi connectivity index (χ1v) is 9.30. The molecule has 1 saturated heterocycles. The molecule has 0 radical (unpaired) electrons.